The molecule has 0 amide bonds. The minimum atomic E-state index is -5.03. The predicted molar refractivity (Wildman–Crippen MR) is 198 cm³/mol. The molecule has 4 heterocycles. The fourth-order valence-electron chi connectivity index (χ4n) is 8.12. The topological polar surface area (TPSA) is 115 Å². The van der Waals surface area contributed by atoms with Gasteiger partial charge in [-0.3, -0.25) is 18.4 Å². The molecule has 57 heavy (non-hydrogen) atoms. The number of aryl methyl sites for hydroxylation is 1. The number of nitrogens with zero attached hydrogens (tertiary/aromatic N) is 5. The Balaban J connectivity index is 1.26. The van der Waals surface area contributed by atoms with Crippen LogP contribution in [0, 0.1) is 29.4 Å². The molecular weight excluding hydrogens is 778 g/mol. The van der Waals surface area contributed by atoms with Crippen molar-refractivity contribution >= 4 is 32.1 Å². The SMILES string of the molecule is C=S(C)(=O)Cc1nn(C)c2c(-c3ccc(C#CC4(O)CNC4)nc3[C@@H](CC(=O)Cn3nc(C(F)(F)F)c4c3C(F)(F)[C@@H]3C[C@H]43)Cc3cc(F)cc(F)c3)cccc12. The van der Waals surface area contributed by atoms with E-state index in [1.165, 1.54) is 6.26 Å². The van der Waals surface area contributed by atoms with E-state index in [0.29, 0.717) is 38.5 Å². The summed E-state index contributed by atoms with van der Waals surface area (Å²) in [5.74, 6) is -0.120. The second-order valence-corrected chi connectivity index (χ2v) is 18.0. The van der Waals surface area contributed by atoms with Gasteiger partial charge in [-0.15, -0.1) is 0 Å². The van der Waals surface area contributed by atoms with Gasteiger partial charge in [0.05, 0.1) is 22.7 Å². The Hall–Kier alpha value is -5.05. The zero-order valence-electron chi connectivity index (χ0n) is 30.6. The molecule has 298 valence electrons. The lowest BCUT2D eigenvalue weighted by atomic mass is 9.86. The molecule has 1 saturated carbocycles. The molecule has 3 aliphatic rings. The van der Waals surface area contributed by atoms with Gasteiger partial charge >= 0.3 is 6.18 Å². The van der Waals surface area contributed by atoms with Crippen LogP contribution in [-0.2, 0) is 52.2 Å². The number of para-hydroxylation sites is 1. The highest BCUT2D eigenvalue weighted by atomic mass is 32.2. The van der Waals surface area contributed by atoms with E-state index in [2.05, 4.69) is 33.2 Å². The second-order valence-electron chi connectivity index (χ2n) is 15.4. The van der Waals surface area contributed by atoms with Crippen LogP contribution in [0.1, 0.15) is 64.3 Å². The van der Waals surface area contributed by atoms with Gasteiger partial charge in [0.1, 0.15) is 29.6 Å². The zero-order valence-corrected chi connectivity index (χ0v) is 31.4. The Bertz CT molecular complexity index is 2630. The highest BCUT2D eigenvalue weighted by Gasteiger charge is 2.68. The molecule has 5 aromatic rings. The number of rotatable bonds is 10. The van der Waals surface area contributed by atoms with Gasteiger partial charge in [0, 0.05) is 72.8 Å². The van der Waals surface area contributed by atoms with Crippen LogP contribution in [0.15, 0.2) is 48.5 Å². The number of fused-ring (bicyclic) bond motifs is 4. The number of nitrogens with one attached hydrogen (secondary N) is 1. The van der Waals surface area contributed by atoms with E-state index in [-0.39, 0.29) is 48.6 Å². The molecule has 2 N–H and O–H groups in total. The van der Waals surface area contributed by atoms with Crippen molar-refractivity contribution in [1.29, 1.82) is 0 Å². The molecule has 17 heteroatoms. The van der Waals surface area contributed by atoms with Gasteiger partial charge in [0.15, 0.2) is 17.1 Å². The summed E-state index contributed by atoms with van der Waals surface area (Å²) < 4.78 is 117. The molecule has 2 aliphatic carbocycles. The first-order valence-corrected chi connectivity index (χ1v) is 20.3. The van der Waals surface area contributed by atoms with Crippen molar-refractivity contribution in [2.75, 3.05) is 19.3 Å². The third-order valence-corrected chi connectivity index (χ3v) is 11.5. The van der Waals surface area contributed by atoms with Crippen LogP contribution < -0.4 is 5.32 Å². The first kappa shape index (κ1) is 38.8. The van der Waals surface area contributed by atoms with Crippen LogP contribution in [0.5, 0.6) is 0 Å². The smallest absolute Gasteiger partial charge is 0.375 e. The molecule has 1 saturated heterocycles. The number of carbonyl (C=O) groups excluding carboxylic acids is 1. The van der Waals surface area contributed by atoms with E-state index in [1.54, 1.807) is 42.1 Å². The summed E-state index contributed by atoms with van der Waals surface area (Å²) in [4.78, 5) is 18.9. The van der Waals surface area contributed by atoms with Gasteiger partial charge in [-0.25, -0.2) is 13.8 Å². The Morgan fingerprint density at radius 2 is 1.82 bits per heavy atom. The normalized spacial score (nSPS) is 20.5. The molecule has 8 rings (SSSR count). The molecule has 1 aliphatic heterocycles. The Kier molecular flexibility index (Phi) is 9.21. The van der Waals surface area contributed by atoms with Crippen LogP contribution >= 0.6 is 0 Å². The third-order valence-electron chi connectivity index (χ3n) is 10.6. The lowest BCUT2D eigenvalue weighted by molar-refractivity contribution is -0.142. The summed E-state index contributed by atoms with van der Waals surface area (Å²) in [6.45, 7) is -0.509. The average Bonchev–Trinajstić information content (AvgIpc) is 3.64. The molecule has 2 aromatic carbocycles. The maximum Gasteiger partial charge on any atom is 0.435 e. The number of aliphatic hydroxyl groups is 1. The molecule has 0 bridgehead atoms. The standard InChI is InChI=1S/C40H35F7N6O3S/c1-52-35-28(5-4-6-29(35)32(50-52)18-57(2,3)56)27-8-7-25(9-10-38(55)19-48-20-38)49-34(27)22(11-21-12-23(41)15-24(42)13-21)14-26(54)17-53-37-33(36(51-53)40(45,46)47)30-16-31(30)39(37,43)44/h4-8,12-13,15,22,30-31,48,55H,2,11,14,16-20H2,1,3H3/t22-,30+,31-,57?/m1/s1. The predicted octanol–water partition coefficient (Wildman–Crippen LogP) is 5.86. The van der Waals surface area contributed by atoms with E-state index in [4.69, 9.17) is 4.98 Å². The lowest BCUT2D eigenvalue weighted by Gasteiger charge is -2.32. The summed E-state index contributed by atoms with van der Waals surface area (Å²) in [6, 6.07) is 11.4. The molecule has 3 aromatic heterocycles. The molecular formula is C40H35F7N6O3S. The summed E-state index contributed by atoms with van der Waals surface area (Å²) in [6.07, 6.45) is -4.38. The molecule has 9 nitrogen and oxygen atoms in total. The summed E-state index contributed by atoms with van der Waals surface area (Å²) in [5.41, 5.74) is -1.73. The van der Waals surface area contributed by atoms with Gasteiger partial charge < -0.3 is 10.4 Å². The number of hydrogen-bond donors (Lipinski definition) is 2. The average molecular weight is 813 g/mol. The first-order chi connectivity index (χ1) is 26.7. The van der Waals surface area contributed by atoms with Gasteiger partial charge in [-0.2, -0.15) is 32.1 Å². The highest BCUT2D eigenvalue weighted by molar-refractivity contribution is 7.98. The molecule has 1 unspecified atom stereocenters. The molecule has 4 atom stereocenters. The molecule has 2 fully saturated rings. The summed E-state index contributed by atoms with van der Waals surface area (Å²) in [7, 11) is -0.834. The van der Waals surface area contributed by atoms with Crippen LogP contribution in [-0.4, -0.2) is 70.5 Å². The van der Waals surface area contributed by atoms with E-state index in [0.717, 1.165) is 12.1 Å². The van der Waals surface area contributed by atoms with Gasteiger partial charge in [0.25, 0.3) is 5.92 Å². The maximum absolute atomic E-state index is 15.4. The number of hydrogen-bond acceptors (Lipinski definition) is 7. The summed E-state index contributed by atoms with van der Waals surface area (Å²) in [5, 5.41) is 22.3. The van der Waals surface area contributed by atoms with Gasteiger partial charge in [-0.05, 0) is 69.9 Å². The van der Waals surface area contributed by atoms with E-state index >= 15 is 8.78 Å². The third kappa shape index (κ3) is 7.34. The van der Waals surface area contributed by atoms with Crippen molar-refractivity contribution < 1.29 is 44.8 Å². The van der Waals surface area contributed by atoms with Crippen LogP contribution in [0.2, 0.25) is 0 Å². The van der Waals surface area contributed by atoms with Gasteiger partial charge in [0.2, 0.25) is 0 Å². The number of benzene rings is 2. The zero-order chi connectivity index (χ0) is 40.8. The number of Topliss-reactive ketones (excluding diaryl/α,β-unsaturated/α-hetero) is 1. The first-order valence-electron chi connectivity index (χ1n) is 18.0. The van der Waals surface area contributed by atoms with Gasteiger partial charge in [-0.1, -0.05) is 24.1 Å². The number of alkyl halides is 5. The fourth-order valence-corrected chi connectivity index (χ4v) is 8.91. The van der Waals surface area contributed by atoms with Crippen molar-refractivity contribution in [2.24, 2.45) is 13.0 Å². The second kappa shape index (κ2) is 13.5. The number of β-amino-alcohol motifs (C(OH)–C–C–N with tert-alkyl or cyclic N) is 1. The monoisotopic (exact) mass is 812 g/mol. The number of halogens is 7. The van der Waals surface area contributed by atoms with Crippen molar-refractivity contribution in [1.82, 2.24) is 29.9 Å². The van der Waals surface area contributed by atoms with E-state index < -0.39 is 92.3 Å². The Morgan fingerprint density at radius 3 is 2.47 bits per heavy atom. The number of aromatic nitrogens is 5. The Morgan fingerprint density at radius 1 is 1.11 bits per heavy atom. The lowest BCUT2D eigenvalue weighted by Crippen LogP contribution is -2.58. The van der Waals surface area contributed by atoms with Crippen LogP contribution in [0.3, 0.4) is 0 Å². The Labute approximate surface area is 322 Å². The number of ketones is 1. The van der Waals surface area contributed by atoms with Crippen molar-refractivity contribution in [3.05, 3.63) is 99.8 Å². The van der Waals surface area contributed by atoms with Crippen molar-refractivity contribution in [3.63, 3.8) is 0 Å². The minimum absolute atomic E-state index is 0.0706. The van der Waals surface area contributed by atoms with Crippen molar-refractivity contribution in [3.8, 4) is 23.0 Å². The quantitative estimate of drug-likeness (QED) is 0.103. The number of carbonyl (C=O) groups is 1. The molecule has 0 spiro atoms. The number of pyridine rings is 1. The fraction of sp³-hybridized carbons (Fsp3) is 0.375. The maximum atomic E-state index is 15.4. The molecule has 0 radical (unpaired) electrons. The van der Waals surface area contributed by atoms with Crippen molar-refractivity contribution in [2.45, 2.75) is 61.1 Å². The summed E-state index contributed by atoms with van der Waals surface area (Å²) >= 11 is 0. The van der Waals surface area contributed by atoms with Crippen LogP contribution in [0.25, 0.3) is 22.0 Å². The van der Waals surface area contributed by atoms with Crippen LogP contribution in [0.4, 0.5) is 30.7 Å². The minimum Gasteiger partial charge on any atom is -0.375 e. The highest BCUT2D eigenvalue weighted by Crippen LogP contribution is 2.68. The largest absolute Gasteiger partial charge is 0.435 e. The van der Waals surface area contributed by atoms with E-state index in [1.807, 2.05) is 0 Å². The van der Waals surface area contributed by atoms with E-state index in [9.17, 15) is 36.1 Å².